The standard InChI is InChI=1S/C17H28O3/c1-7-8-15(2,3)14(19)20-17(6)12-9-11(10-13(17)18)16(12,4)5/h11-12H,7-10H2,1-6H3. The van der Waals surface area contributed by atoms with Gasteiger partial charge in [-0.15, -0.1) is 0 Å². The lowest BCUT2D eigenvalue weighted by molar-refractivity contribution is -0.218. The van der Waals surface area contributed by atoms with Crippen LogP contribution in [0.1, 0.15) is 67.2 Å². The Labute approximate surface area is 122 Å². The van der Waals surface area contributed by atoms with Gasteiger partial charge in [0.25, 0.3) is 0 Å². The van der Waals surface area contributed by atoms with Crippen molar-refractivity contribution in [3.05, 3.63) is 0 Å². The van der Waals surface area contributed by atoms with Crippen LogP contribution in [0, 0.1) is 22.7 Å². The molecule has 114 valence electrons. The van der Waals surface area contributed by atoms with Gasteiger partial charge in [0.1, 0.15) is 0 Å². The second-order valence-corrected chi connectivity index (χ2v) is 8.06. The summed E-state index contributed by atoms with van der Waals surface area (Å²) >= 11 is 0. The van der Waals surface area contributed by atoms with Gasteiger partial charge in [-0.25, -0.2) is 0 Å². The van der Waals surface area contributed by atoms with E-state index in [1.165, 1.54) is 0 Å². The minimum atomic E-state index is -0.916. The Morgan fingerprint density at radius 3 is 2.45 bits per heavy atom. The minimum Gasteiger partial charge on any atom is -0.451 e. The van der Waals surface area contributed by atoms with E-state index >= 15 is 0 Å². The molecule has 3 fully saturated rings. The Kier molecular flexibility index (Phi) is 3.55. The average molecular weight is 280 g/mol. The molecule has 3 aliphatic rings. The van der Waals surface area contributed by atoms with Crippen molar-refractivity contribution >= 4 is 11.8 Å². The Morgan fingerprint density at radius 1 is 1.35 bits per heavy atom. The van der Waals surface area contributed by atoms with Gasteiger partial charge in [0, 0.05) is 12.3 Å². The number of hydrogen-bond donors (Lipinski definition) is 0. The van der Waals surface area contributed by atoms with Crippen LogP contribution in [0.25, 0.3) is 0 Å². The molecular formula is C17H28O3. The fourth-order valence-electron chi connectivity index (χ4n) is 4.10. The Balaban J connectivity index is 2.18. The number of hydrogen-bond acceptors (Lipinski definition) is 3. The number of carbonyl (C=O) groups excluding carboxylic acids is 2. The molecule has 3 rings (SSSR count). The van der Waals surface area contributed by atoms with Gasteiger partial charge < -0.3 is 4.74 Å². The molecule has 3 unspecified atom stereocenters. The first-order valence-corrected chi connectivity index (χ1v) is 7.82. The van der Waals surface area contributed by atoms with Gasteiger partial charge in [-0.05, 0) is 44.9 Å². The number of esters is 1. The first-order valence-electron chi connectivity index (χ1n) is 7.82. The third-order valence-electron chi connectivity index (χ3n) is 5.85. The van der Waals surface area contributed by atoms with Crippen LogP contribution >= 0.6 is 0 Å². The highest BCUT2D eigenvalue weighted by atomic mass is 16.6. The van der Waals surface area contributed by atoms with Gasteiger partial charge in [-0.2, -0.15) is 0 Å². The molecule has 2 bridgehead atoms. The zero-order chi connectivity index (χ0) is 15.3. The molecule has 0 N–H and O–H groups in total. The summed E-state index contributed by atoms with van der Waals surface area (Å²) in [5, 5.41) is 0. The van der Waals surface area contributed by atoms with E-state index in [4.69, 9.17) is 4.74 Å². The van der Waals surface area contributed by atoms with E-state index in [0.29, 0.717) is 12.3 Å². The Morgan fingerprint density at radius 2 is 1.95 bits per heavy atom. The molecule has 0 saturated heterocycles. The molecule has 3 atom stereocenters. The summed E-state index contributed by atoms with van der Waals surface area (Å²) in [7, 11) is 0. The summed E-state index contributed by atoms with van der Waals surface area (Å²) in [5.74, 6) is 0.521. The maximum Gasteiger partial charge on any atom is 0.312 e. The molecule has 20 heavy (non-hydrogen) atoms. The summed E-state index contributed by atoms with van der Waals surface area (Å²) in [4.78, 5) is 24.9. The lowest BCUT2D eigenvalue weighted by Crippen LogP contribution is -2.66. The lowest BCUT2D eigenvalue weighted by atomic mass is 9.44. The number of fused-ring (bicyclic) bond motifs is 2. The molecule has 3 aliphatic carbocycles. The van der Waals surface area contributed by atoms with Crippen LogP contribution in [-0.2, 0) is 14.3 Å². The highest BCUT2D eigenvalue weighted by Crippen LogP contribution is 2.62. The number of carbonyl (C=O) groups is 2. The normalized spacial score (nSPS) is 35.4. The highest BCUT2D eigenvalue weighted by Gasteiger charge is 2.65. The van der Waals surface area contributed by atoms with Crippen molar-refractivity contribution in [2.75, 3.05) is 0 Å². The summed E-state index contributed by atoms with van der Waals surface area (Å²) in [6, 6.07) is 0. The third-order valence-corrected chi connectivity index (χ3v) is 5.85. The molecule has 0 aromatic heterocycles. The third kappa shape index (κ3) is 2.10. The fourth-order valence-corrected chi connectivity index (χ4v) is 4.10. The fraction of sp³-hybridized carbons (Fsp3) is 0.882. The van der Waals surface area contributed by atoms with E-state index in [1.807, 2.05) is 20.8 Å². The molecule has 0 radical (unpaired) electrons. The molecule has 3 nitrogen and oxygen atoms in total. The van der Waals surface area contributed by atoms with Crippen LogP contribution < -0.4 is 0 Å². The highest BCUT2D eigenvalue weighted by molar-refractivity contribution is 5.92. The van der Waals surface area contributed by atoms with E-state index in [0.717, 1.165) is 19.3 Å². The molecular weight excluding hydrogens is 252 g/mol. The van der Waals surface area contributed by atoms with Crippen LogP contribution in [0.3, 0.4) is 0 Å². The number of ketones is 1. The monoisotopic (exact) mass is 280 g/mol. The zero-order valence-electron chi connectivity index (χ0n) is 13.7. The predicted octanol–water partition coefficient (Wildman–Crippen LogP) is 3.75. The molecule has 0 aliphatic heterocycles. The van der Waals surface area contributed by atoms with Gasteiger partial charge in [-0.1, -0.05) is 27.2 Å². The predicted molar refractivity (Wildman–Crippen MR) is 78.2 cm³/mol. The van der Waals surface area contributed by atoms with Crippen molar-refractivity contribution in [2.45, 2.75) is 72.8 Å². The van der Waals surface area contributed by atoms with Crippen molar-refractivity contribution < 1.29 is 14.3 Å². The van der Waals surface area contributed by atoms with Gasteiger partial charge in [0.2, 0.25) is 0 Å². The van der Waals surface area contributed by atoms with Gasteiger partial charge in [0.15, 0.2) is 11.4 Å². The van der Waals surface area contributed by atoms with Crippen LogP contribution in [0.4, 0.5) is 0 Å². The zero-order valence-corrected chi connectivity index (χ0v) is 13.7. The van der Waals surface area contributed by atoms with Crippen molar-refractivity contribution in [1.82, 2.24) is 0 Å². The average Bonchev–Trinajstić information content (AvgIpc) is 2.31. The Hall–Kier alpha value is -0.860. The molecule has 0 aromatic rings. The number of ether oxygens (including phenoxy) is 1. The van der Waals surface area contributed by atoms with Crippen LogP contribution in [0.2, 0.25) is 0 Å². The smallest absolute Gasteiger partial charge is 0.312 e. The van der Waals surface area contributed by atoms with E-state index in [2.05, 4.69) is 20.8 Å². The van der Waals surface area contributed by atoms with E-state index in [1.54, 1.807) is 0 Å². The Bertz CT molecular complexity index is 436. The summed E-state index contributed by atoms with van der Waals surface area (Å²) in [6.07, 6.45) is 3.29. The maximum absolute atomic E-state index is 12.5. The summed E-state index contributed by atoms with van der Waals surface area (Å²) in [6.45, 7) is 12.1. The van der Waals surface area contributed by atoms with Gasteiger partial charge in [-0.3, -0.25) is 9.59 Å². The second kappa shape index (κ2) is 4.57. The molecule has 0 amide bonds. The van der Waals surface area contributed by atoms with E-state index in [-0.39, 0.29) is 23.1 Å². The first-order chi connectivity index (χ1) is 9.05. The molecule has 0 aromatic carbocycles. The van der Waals surface area contributed by atoms with Crippen LogP contribution in [0.5, 0.6) is 0 Å². The van der Waals surface area contributed by atoms with Crippen molar-refractivity contribution in [3.63, 3.8) is 0 Å². The van der Waals surface area contributed by atoms with Crippen molar-refractivity contribution in [1.29, 1.82) is 0 Å². The molecule has 3 heteroatoms. The quantitative estimate of drug-likeness (QED) is 0.737. The van der Waals surface area contributed by atoms with Gasteiger partial charge in [0.05, 0.1) is 5.41 Å². The first kappa shape index (κ1) is 15.5. The topological polar surface area (TPSA) is 43.4 Å². The molecule has 3 saturated carbocycles. The number of Topliss-reactive ketones (excluding diaryl/α,β-unsaturated/α-hetero) is 1. The van der Waals surface area contributed by atoms with Gasteiger partial charge >= 0.3 is 5.97 Å². The minimum absolute atomic E-state index is 0.109. The number of rotatable bonds is 4. The maximum atomic E-state index is 12.5. The summed E-state index contributed by atoms with van der Waals surface area (Å²) in [5.41, 5.74) is -1.32. The van der Waals surface area contributed by atoms with Crippen LogP contribution in [0.15, 0.2) is 0 Å². The molecule has 0 spiro atoms. The van der Waals surface area contributed by atoms with Crippen LogP contribution in [-0.4, -0.2) is 17.4 Å². The van der Waals surface area contributed by atoms with Crippen molar-refractivity contribution in [2.24, 2.45) is 22.7 Å². The molecule has 0 heterocycles. The second-order valence-electron chi connectivity index (χ2n) is 8.06. The summed E-state index contributed by atoms with van der Waals surface area (Å²) < 4.78 is 5.81. The SMILES string of the molecule is CCCC(C)(C)C(=O)OC1(C)C(=O)CC2CC1C2(C)C. The van der Waals surface area contributed by atoms with E-state index in [9.17, 15) is 9.59 Å². The lowest BCUT2D eigenvalue weighted by Gasteiger charge is -2.62. The van der Waals surface area contributed by atoms with E-state index < -0.39 is 11.0 Å². The largest absolute Gasteiger partial charge is 0.451 e. The van der Waals surface area contributed by atoms with Crippen molar-refractivity contribution in [3.8, 4) is 0 Å².